The molecule has 0 saturated heterocycles. The molecular formula is C39H66O8. The number of carbonyl (C=O) groups is 4. The zero-order valence-corrected chi connectivity index (χ0v) is 30.4. The highest BCUT2D eigenvalue weighted by atomic mass is 16.5. The van der Waals surface area contributed by atoms with Crippen molar-refractivity contribution in [1.82, 2.24) is 0 Å². The van der Waals surface area contributed by atoms with Crippen LogP contribution in [0.15, 0.2) is 0 Å². The second-order valence-electron chi connectivity index (χ2n) is 11.8. The zero-order valence-electron chi connectivity index (χ0n) is 30.4. The maximum absolute atomic E-state index is 11.0. The van der Waals surface area contributed by atoms with Crippen molar-refractivity contribution >= 4 is 23.9 Å². The Morgan fingerprint density at radius 1 is 0.319 bits per heavy atom. The summed E-state index contributed by atoms with van der Waals surface area (Å²) in [5.41, 5.74) is 0. The van der Waals surface area contributed by atoms with Gasteiger partial charge in [0.1, 0.15) is 0 Å². The van der Waals surface area contributed by atoms with Gasteiger partial charge in [0, 0.05) is 38.5 Å². The van der Waals surface area contributed by atoms with Crippen LogP contribution in [0.3, 0.4) is 0 Å². The summed E-state index contributed by atoms with van der Waals surface area (Å²) in [5.74, 6) is 11.7. The van der Waals surface area contributed by atoms with E-state index in [1.54, 1.807) is 0 Å². The maximum Gasteiger partial charge on any atom is 0.305 e. The first-order chi connectivity index (χ1) is 22.9. The van der Waals surface area contributed by atoms with Gasteiger partial charge in [-0.25, -0.2) is 0 Å². The van der Waals surface area contributed by atoms with Crippen LogP contribution in [0.5, 0.6) is 0 Å². The first kappa shape index (κ1) is 46.1. The molecule has 0 radical (unpaired) electrons. The molecule has 0 aromatic carbocycles. The first-order valence-electron chi connectivity index (χ1n) is 18.1. The van der Waals surface area contributed by atoms with Gasteiger partial charge >= 0.3 is 23.9 Å². The molecular weight excluding hydrogens is 596 g/mol. The van der Waals surface area contributed by atoms with Gasteiger partial charge in [0.2, 0.25) is 0 Å². The molecule has 0 rings (SSSR count). The lowest BCUT2D eigenvalue weighted by molar-refractivity contribution is -0.141. The fourth-order valence-electron chi connectivity index (χ4n) is 4.78. The minimum atomic E-state index is -0.108. The second kappa shape index (κ2) is 39.2. The van der Waals surface area contributed by atoms with Crippen LogP contribution < -0.4 is 0 Å². The second-order valence-corrected chi connectivity index (χ2v) is 11.8. The average molecular weight is 663 g/mol. The van der Waals surface area contributed by atoms with Crippen LogP contribution in [0.25, 0.3) is 0 Å². The molecule has 0 aliphatic rings. The summed E-state index contributed by atoms with van der Waals surface area (Å²) in [4.78, 5) is 43.6. The molecule has 0 aliphatic heterocycles. The Labute approximate surface area is 287 Å². The van der Waals surface area contributed by atoms with Gasteiger partial charge in [-0.2, -0.15) is 0 Å². The molecule has 0 aliphatic carbocycles. The van der Waals surface area contributed by atoms with Gasteiger partial charge < -0.3 is 18.9 Å². The van der Waals surface area contributed by atoms with E-state index in [9.17, 15) is 19.2 Å². The van der Waals surface area contributed by atoms with E-state index in [1.165, 1.54) is 99.1 Å². The molecule has 270 valence electrons. The molecule has 0 amide bonds. The summed E-state index contributed by atoms with van der Waals surface area (Å²) >= 11 is 0. The number of ether oxygens (including phenoxy) is 4. The van der Waals surface area contributed by atoms with Crippen molar-refractivity contribution in [3.05, 3.63) is 0 Å². The Balaban J connectivity index is 0. The zero-order chi connectivity index (χ0) is 35.1. The summed E-state index contributed by atoms with van der Waals surface area (Å²) in [7, 11) is 5.74. The van der Waals surface area contributed by atoms with Crippen LogP contribution in [-0.2, 0) is 38.1 Å². The van der Waals surface area contributed by atoms with Crippen molar-refractivity contribution in [2.45, 2.75) is 173 Å². The number of hydrogen-bond donors (Lipinski definition) is 0. The number of methoxy groups -OCH3 is 4. The third kappa shape index (κ3) is 41.0. The minimum Gasteiger partial charge on any atom is -0.469 e. The van der Waals surface area contributed by atoms with E-state index in [-0.39, 0.29) is 23.9 Å². The molecule has 0 spiro atoms. The maximum atomic E-state index is 11.0. The summed E-state index contributed by atoms with van der Waals surface area (Å²) < 4.78 is 18.4. The molecule has 0 unspecified atom stereocenters. The van der Waals surface area contributed by atoms with Crippen LogP contribution in [0.4, 0.5) is 0 Å². The molecule has 0 heterocycles. The number of esters is 4. The Kier molecular flexibility index (Phi) is 38.4. The summed E-state index contributed by atoms with van der Waals surface area (Å²) in [6.07, 6.45) is 27.7. The molecule has 0 saturated carbocycles. The lowest BCUT2D eigenvalue weighted by Crippen LogP contribution is -1.99. The molecule has 47 heavy (non-hydrogen) atoms. The largest absolute Gasteiger partial charge is 0.469 e. The van der Waals surface area contributed by atoms with Gasteiger partial charge in [0.05, 0.1) is 28.4 Å². The van der Waals surface area contributed by atoms with Crippen LogP contribution >= 0.6 is 0 Å². The smallest absolute Gasteiger partial charge is 0.305 e. The van der Waals surface area contributed by atoms with Gasteiger partial charge in [-0.15, -0.1) is 0 Å². The molecule has 0 bridgehead atoms. The topological polar surface area (TPSA) is 105 Å². The third-order valence-corrected chi connectivity index (χ3v) is 7.78. The molecule has 0 atom stereocenters. The normalized spacial score (nSPS) is 9.87. The van der Waals surface area contributed by atoms with Crippen molar-refractivity contribution in [2.75, 3.05) is 28.4 Å². The number of unbranched alkanes of at least 4 members (excludes halogenated alkanes) is 20. The van der Waals surface area contributed by atoms with E-state index in [0.717, 1.165) is 77.0 Å². The van der Waals surface area contributed by atoms with Crippen LogP contribution in [0, 0.1) is 23.7 Å². The van der Waals surface area contributed by atoms with Gasteiger partial charge in [-0.3, -0.25) is 19.2 Å². The number of rotatable bonds is 28. The van der Waals surface area contributed by atoms with E-state index >= 15 is 0 Å². The molecule has 8 heteroatoms. The van der Waals surface area contributed by atoms with Crippen molar-refractivity contribution < 1.29 is 38.1 Å². The highest BCUT2D eigenvalue weighted by Crippen LogP contribution is 2.12. The fraction of sp³-hybridized carbons (Fsp3) is 0.795. The van der Waals surface area contributed by atoms with Crippen LogP contribution in [0.1, 0.15) is 173 Å². The summed E-state index contributed by atoms with van der Waals surface area (Å²) in [5, 5.41) is 0. The van der Waals surface area contributed by atoms with E-state index in [4.69, 9.17) is 0 Å². The lowest BCUT2D eigenvalue weighted by atomic mass is 10.1. The van der Waals surface area contributed by atoms with E-state index in [2.05, 4.69) is 42.6 Å². The van der Waals surface area contributed by atoms with Gasteiger partial charge in [-0.05, 0) is 50.4 Å². The quantitative estimate of drug-likeness (QED) is 0.0353. The predicted molar refractivity (Wildman–Crippen MR) is 188 cm³/mol. The Morgan fingerprint density at radius 3 is 0.723 bits per heavy atom. The van der Waals surface area contributed by atoms with Crippen molar-refractivity contribution in [3.63, 3.8) is 0 Å². The molecule has 0 N–H and O–H groups in total. The van der Waals surface area contributed by atoms with Crippen molar-refractivity contribution in [3.8, 4) is 23.7 Å². The minimum absolute atomic E-state index is 0.106. The van der Waals surface area contributed by atoms with E-state index in [1.807, 2.05) is 0 Å². The Bertz CT molecular complexity index is 818. The Morgan fingerprint density at radius 2 is 0.511 bits per heavy atom. The highest BCUT2D eigenvalue weighted by Gasteiger charge is 2.02. The lowest BCUT2D eigenvalue weighted by Gasteiger charge is -2.02. The standard InChI is InChI=1S/C24H38O4.C15H28O4/c1-27-23(25)21-19-17-15-13-11-9-7-5-3-4-6-8-10-12-14-16-18-20-22-24(26)28-2;1-18-14(16)12-10-8-6-4-3-5-7-9-11-13-15(17)19-2/h7-22H2,1-2H3;3-13H2,1-2H3. The molecule has 0 aromatic rings. The van der Waals surface area contributed by atoms with Crippen LogP contribution in [0.2, 0.25) is 0 Å². The highest BCUT2D eigenvalue weighted by molar-refractivity contribution is 5.69. The van der Waals surface area contributed by atoms with Crippen molar-refractivity contribution in [2.24, 2.45) is 0 Å². The van der Waals surface area contributed by atoms with Gasteiger partial charge in [0.25, 0.3) is 0 Å². The third-order valence-electron chi connectivity index (χ3n) is 7.78. The molecule has 0 fully saturated rings. The predicted octanol–water partition coefficient (Wildman–Crippen LogP) is 9.20. The summed E-state index contributed by atoms with van der Waals surface area (Å²) in [6, 6.07) is 0. The number of hydrogen-bond acceptors (Lipinski definition) is 8. The van der Waals surface area contributed by atoms with Gasteiger partial charge in [-0.1, -0.05) is 108 Å². The SMILES string of the molecule is COC(=O)CCCCCCCCC#CC#CCCCCCCCCC(=O)OC.COC(=O)CCCCCCCCCCCC(=O)OC. The average Bonchev–Trinajstić information content (AvgIpc) is 3.09. The van der Waals surface area contributed by atoms with E-state index < -0.39 is 0 Å². The van der Waals surface area contributed by atoms with E-state index in [0.29, 0.717) is 25.7 Å². The first-order valence-corrected chi connectivity index (χ1v) is 18.1. The molecule has 0 aromatic heterocycles. The van der Waals surface area contributed by atoms with Gasteiger partial charge in [0.15, 0.2) is 0 Å². The monoisotopic (exact) mass is 662 g/mol. The number of carbonyl (C=O) groups excluding carboxylic acids is 4. The van der Waals surface area contributed by atoms with Crippen molar-refractivity contribution in [1.29, 1.82) is 0 Å². The summed E-state index contributed by atoms with van der Waals surface area (Å²) in [6.45, 7) is 0. The molecule has 8 nitrogen and oxygen atoms in total. The van der Waals surface area contributed by atoms with Crippen LogP contribution in [-0.4, -0.2) is 52.3 Å². The fourth-order valence-corrected chi connectivity index (χ4v) is 4.78. The Hall–Kier alpha value is -3.00.